The molecule has 0 aliphatic rings. The number of carbonyl (C=O) groups is 2. The van der Waals surface area contributed by atoms with Crippen molar-refractivity contribution in [2.45, 2.75) is 230 Å². The zero-order chi connectivity index (χ0) is 32.1. The van der Waals surface area contributed by atoms with Gasteiger partial charge in [-0.2, -0.15) is 0 Å². The van der Waals surface area contributed by atoms with Crippen molar-refractivity contribution in [3.05, 3.63) is 0 Å². The van der Waals surface area contributed by atoms with Crippen LogP contribution in [0.3, 0.4) is 0 Å². The summed E-state index contributed by atoms with van der Waals surface area (Å²) in [6.45, 7) is 7.83. The largest absolute Gasteiger partial charge is 0.549 e. The van der Waals surface area contributed by atoms with E-state index >= 15 is 0 Å². The van der Waals surface area contributed by atoms with Crippen LogP contribution in [-0.2, 0) is 9.59 Å². The summed E-state index contributed by atoms with van der Waals surface area (Å²) in [5, 5.41) is 24.3. The zero-order valence-corrected chi connectivity index (χ0v) is 30.1. The molecule has 0 amide bonds. The molecular formula is C38H72O4S-2. The van der Waals surface area contributed by atoms with Gasteiger partial charge in [0, 0.05) is 0 Å². The Labute approximate surface area is 272 Å². The molecule has 0 aromatic rings. The lowest BCUT2D eigenvalue weighted by molar-refractivity contribution is -0.309. The van der Waals surface area contributed by atoms with Crippen LogP contribution in [0, 0.1) is 0 Å². The third-order valence-electron chi connectivity index (χ3n) is 9.33. The van der Waals surface area contributed by atoms with E-state index < -0.39 is 21.4 Å². The number of hydrogen-bond donors (Lipinski definition) is 0. The van der Waals surface area contributed by atoms with Gasteiger partial charge in [-0.1, -0.05) is 194 Å². The maximum atomic E-state index is 12.1. The van der Waals surface area contributed by atoms with Gasteiger partial charge in [-0.05, 0) is 26.7 Å². The molecule has 0 aromatic heterocycles. The van der Waals surface area contributed by atoms with E-state index in [0.717, 1.165) is 50.3 Å². The fourth-order valence-electron chi connectivity index (χ4n) is 6.20. The molecule has 4 nitrogen and oxygen atoms in total. The van der Waals surface area contributed by atoms with E-state index in [-0.39, 0.29) is 0 Å². The highest BCUT2D eigenvalue weighted by Crippen LogP contribution is 2.43. The van der Waals surface area contributed by atoms with Gasteiger partial charge in [-0.15, -0.1) is 11.8 Å². The van der Waals surface area contributed by atoms with E-state index in [1.807, 2.05) is 0 Å². The van der Waals surface area contributed by atoms with Gasteiger partial charge in [0.2, 0.25) is 0 Å². The predicted octanol–water partition coefficient (Wildman–Crippen LogP) is 10.5. The number of carbonyl (C=O) groups excluding carboxylic acids is 2. The second-order valence-corrected chi connectivity index (χ2v) is 15.8. The Hall–Kier alpha value is -0.710. The van der Waals surface area contributed by atoms with Crippen LogP contribution < -0.4 is 10.2 Å². The number of rotatable bonds is 34. The van der Waals surface area contributed by atoms with E-state index in [4.69, 9.17) is 0 Å². The van der Waals surface area contributed by atoms with Gasteiger partial charge in [-0.25, -0.2) is 0 Å². The van der Waals surface area contributed by atoms with E-state index in [1.165, 1.54) is 141 Å². The average molecular weight is 625 g/mol. The fourth-order valence-corrected chi connectivity index (χ4v) is 7.85. The summed E-state index contributed by atoms with van der Waals surface area (Å²) >= 11 is 1.06. The van der Waals surface area contributed by atoms with E-state index in [0.29, 0.717) is 12.8 Å². The highest BCUT2D eigenvalue weighted by Gasteiger charge is 2.37. The summed E-state index contributed by atoms with van der Waals surface area (Å²) in [6.07, 6.45) is 35.9. The molecule has 0 saturated heterocycles. The summed E-state index contributed by atoms with van der Waals surface area (Å²) in [5.74, 6) is -2.30. The molecule has 0 N–H and O–H groups in total. The van der Waals surface area contributed by atoms with E-state index in [2.05, 4.69) is 13.8 Å². The lowest BCUT2D eigenvalue weighted by atomic mass is 9.99. The molecule has 0 rings (SSSR count). The minimum absolute atomic E-state index is 0.444. The summed E-state index contributed by atoms with van der Waals surface area (Å²) in [4.78, 5) is 24.3. The number of carboxylic acids is 2. The molecule has 0 spiro atoms. The van der Waals surface area contributed by atoms with Gasteiger partial charge in [0.05, 0.1) is 21.4 Å². The first kappa shape index (κ1) is 42.3. The third-order valence-corrected chi connectivity index (χ3v) is 11.0. The van der Waals surface area contributed by atoms with E-state index in [9.17, 15) is 19.8 Å². The van der Waals surface area contributed by atoms with Crippen LogP contribution in [0.25, 0.3) is 0 Å². The van der Waals surface area contributed by atoms with Gasteiger partial charge in [0.15, 0.2) is 0 Å². The molecule has 2 unspecified atom stereocenters. The van der Waals surface area contributed by atoms with Crippen molar-refractivity contribution in [2.24, 2.45) is 0 Å². The van der Waals surface area contributed by atoms with Crippen molar-refractivity contribution < 1.29 is 19.8 Å². The lowest BCUT2D eigenvalue weighted by Gasteiger charge is -2.40. The second-order valence-electron chi connectivity index (χ2n) is 13.8. The van der Waals surface area contributed by atoms with Crippen LogP contribution >= 0.6 is 11.8 Å². The van der Waals surface area contributed by atoms with Crippen molar-refractivity contribution in [3.63, 3.8) is 0 Å². The minimum atomic E-state index is -1.21. The monoisotopic (exact) mass is 625 g/mol. The predicted molar refractivity (Wildman–Crippen MR) is 184 cm³/mol. The normalized spacial score (nSPS) is 14.4. The van der Waals surface area contributed by atoms with Crippen LogP contribution in [-0.4, -0.2) is 21.4 Å². The Kier molecular flexibility index (Phi) is 28.3. The summed E-state index contributed by atoms with van der Waals surface area (Å²) in [5.41, 5.74) is 0. The average Bonchev–Trinajstić information content (AvgIpc) is 2.97. The number of unbranched alkanes of at least 4 members (excludes halogenated alkanes) is 26. The van der Waals surface area contributed by atoms with Crippen LogP contribution in [0.5, 0.6) is 0 Å². The second kappa shape index (κ2) is 28.7. The molecule has 256 valence electrons. The van der Waals surface area contributed by atoms with Crippen molar-refractivity contribution in [1.29, 1.82) is 0 Å². The SMILES string of the molecule is CCCCCCCCCCCCCCCCC(C)(SC(C)(CCCCCCCCCCCCCCCC)C(=O)[O-])C(=O)[O-]. The maximum absolute atomic E-state index is 12.1. The number of aliphatic carboxylic acids is 2. The number of thioether (sulfide) groups is 1. The zero-order valence-electron chi connectivity index (χ0n) is 29.3. The standard InChI is InChI=1S/C38H74O4S/c1-5-7-9-11-13-15-17-19-21-23-25-27-29-31-33-37(3,35(39)40)43-38(4,36(41)42)34-32-30-28-26-24-22-20-18-16-14-12-10-8-6-2/h5-34H2,1-4H3,(H,39,40)(H,41,42)/p-2. The van der Waals surface area contributed by atoms with Crippen molar-refractivity contribution in [1.82, 2.24) is 0 Å². The molecule has 0 saturated carbocycles. The smallest absolute Gasteiger partial charge is 0.0573 e. The maximum Gasteiger partial charge on any atom is 0.0573 e. The topological polar surface area (TPSA) is 80.3 Å². The molecule has 0 radical (unpaired) electrons. The van der Waals surface area contributed by atoms with Crippen LogP contribution in [0.2, 0.25) is 0 Å². The summed E-state index contributed by atoms with van der Waals surface area (Å²) < 4.78 is -2.41. The van der Waals surface area contributed by atoms with Crippen LogP contribution in [0.4, 0.5) is 0 Å². The van der Waals surface area contributed by atoms with Gasteiger partial charge in [-0.3, -0.25) is 0 Å². The Balaban J connectivity index is 4.09. The molecule has 0 aliphatic heterocycles. The Morgan fingerprint density at radius 3 is 0.767 bits per heavy atom. The molecule has 43 heavy (non-hydrogen) atoms. The molecule has 0 aliphatic carbocycles. The summed E-state index contributed by atoms with van der Waals surface area (Å²) in [7, 11) is 0. The molecule has 0 heterocycles. The molecule has 0 bridgehead atoms. The first-order valence-corrected chi connectivity index (χ1v) is 19.7. The molecule has 0 fully saturated rings. The fraction of sp³-hybridized carbons (Fsp3) is 0.947. The number of hydrogen-bond acceptors (Lipinski definition) is 5. The van der Waals surface area contributed by atoms with Gasteiger partial charge in [0.1, 0.15) is 0 Å². The third kappa shape index (κ3) is 24.2. The molecule has 5 heteroatoms. The first-order valence-electron chi connectivity index (χ1n) is 18.8. The van der Waals surface area contributed by atoms with Crippen LogP contribution in [0.15, 0.2) is 0 Å². The van der Waals surface area contributed by atoms with E-state index in [1.54, 1.807) is 13.8 Å². The molecule has 0 aromatic carbocycles. The summed E-state index contributed by atoms with van der Waals surface area (Å²) in [6, 6.07) is 0. The molecular weight excluding hydrogens is 552 g/mol. The Morgan fingerprint density at radius 2 is 0.581 bits per heavy atom. The Bertz CT molecular complexity index is 600. The van der Waals surface area contributed by atoms with Gasteiger partial charge >= 0.3 is 0 Å². The van der Waals surface area contributed by atoms with Crippen LogP contribution in [0.1, 0.15) is 220 Å². The Morgan fingerprint density at radius 1 is 0.395 bits per heavy atom. The number of carboxylic acid groups (broad SMARTS) is 2. The van der Waals surface area contributed by atoms with Crippen molar-refractivity contribution in [2.75, 3.05) is 0 Å². The quantitative estimate of drug-likeness (QED) is 0.0665. The minimum Gasteiger partial charge on any atom is -0.549 e. The van der Waals surface area contributed by atoms with Crippen molar-refractivity contribution >= 4 is 23.7 Å². The molecule has 2 atom stereocenters. The highest BCUT2D eigenvalue weighted by atomic mass is 32.2. The first-order chi connectivity index (χ1) is 20.7. The van der Waals surface area contributed by atoms with Gasteiger partial charge < -0.3 is 19.8 Å². The van der Waals surface area contributed by atoms with Crippen molar-refractivity contribution in [3.8, 4) is 0 Å². The van der Waals surface area contributed by atoms with Gasteiger partial charge in [0.25, 0.3) is 0 Å². The highest BCUT2D eigenvalue weighted by molar-refractivity contribution is 8.03. The lowest BCUT2D eigenvalue weighted by Crippen LogP contribution is -2.51.